The zero-order valence-corrected chi connectivity index (χ0v) is 18.9. The van der Waals surface area contributed by atoms with Crippen LogP contribution < -0.4 is 5.32 Å². The Balaban J connectivity index is 1.72. The van der Waals surface area contributed by atoms with E-state index < -0.39 is 17.6 Å². The Morgan fingerprint density at radius 2 is 1.56 bits per heavy atom. The Morgan fingerprint density at radius 1 is 0.912 bits per heavy atom. The van der Waals surface area contributed by atoms with Crippen LogP contribution in [0, 0.1) is 5.82 Å². The summed E-state index contributed by atoms with van der Waals surface area (Å²) in [5, 5.41) is 2.69. The molecule has 6 nitrogen and oxygen atoms in total. The zero-order valence-electron chi connectivity index (χ0n) is 18.9. The Morgan fingerprint density at radius 3 is 2.21 bits per heavy atom. The molecule has 0 bridgehead atoms. The number of carbonyl (C=O) groups is 3. The molecule has 34 heavy (non-hydrogen) atoms. The van der Waals surface area contributed by atoms with Gasteiger partial charge in [-0.25, -0.2) is 4.39 Å². The van der Waals surface area contributed by atoms with Crippen molar-refractivity contribution in [2.24, 2.45) is 0 Å². The summed E-state index contributed by atoms with van der Waals surface area (Å²) in [6.07, 6.45) is 0. The Kier molecular flexibility index (Phi) is 6.54. The van der Waals surface area contributed by atoms with Gasteiger partial charge in [0.05, 0.1) is 12.1 Å². The van der Waals surface area contributed by atoms with Crippen LogP contribution in [0.2, 0.25) is 0 Å². The summed E-state index contributed by atoms with van der Waals surface area (Å²) in [4.78, 5) is 41.1. The second kappa shape index (κ2) is 9.70. The van der Waals surface area contributed by atoms with Gasteiger partial charge in [0.15, 0.2) is 0 Å². The van der Waals surface area contributed by atoms with Crippen molar-refractivity contribution in [3.8, 4) is 0 Å². The van der Waals surface area contributed by atoms with Crippen molar-refractivity contribution >= 4 is 29.0 Å². The molecular weight excluding hydrogens is 433 g/mol. The lowest BCUT2D eigenvalue weighted by Gasteiger charge is -2.21. The van der Waals surface area contributed by atoms with Crippen molar-refractivity contribution in [1.29, 1.82) is 0 Å². The van der Waals surface area contributed by atoms with E-state index in [1.54, 1.807) is 54.4 Å². The largest absolute Gasteiger partial charge is 0.365 e. The lowest BCUT2D eigenvalue weighted by Crippen LogP contribution is -2.34. The Hall–Kier alpha value is -4.26. The Bertz CT molecular complexity index is 1270. The number of nitrogens with one attached hydrogen (secondary N) is 1. The second-order valence-corrected chi connectivity index (χ2v) is 8.11. The number of benzene rings is 3. The summed E-state index contributed by atoms with van der Waals surface area (Å²) in [7, 11) is 1.76. The highest BCUT2D eigenvalue weighted by Gasteiger charge is 2.41. The summed E-state index contributed by atoms with van der Waals surface area (Å²) < 4.78 is 14.3. The topological polar surface area (TPSA) is 69.7 Å². The molecule has 1 N–H and O–H groups in total. The fourth-order valence-electron chi connectivity index (χ4n) is 3.98. The smallest absolute Gasteiger partial charge is 0.278 e. The fourth-order valence-corrected chi connectivity index (χ4v) is 3.98. The SMILES string of the molecule is CC(=O)Nc1ccc(C2=C(N(C)Cc3ccccc3)C(=O)N(Cc3ccccc3F)C2=O)cc1. The van der Waals surface area contributed by atoms with Gasteiger partial charge in [-0.15, -0.1) is 0 Å². The number of carbonyl (C=O) groups excluding carboxylic acids is 3. The first kappa shape index (κ1) is 22.9. The maximum absolute atomic E-state index is 14.3. The lowest BCUT2D eigenvalue weighted by molar-refractivity contribution is -0.138. The number of anilines is 1. The number of hydrogen-bond acceptors (Lipinski definition) is 4. The molecule has 0 fully saturated rings. The second-order valence-electron chi connectivity index (χ2n) is 8.11. The third-order valence-electron chi connectivity index (χ3n) is 5.57. The van der Waals surface area contributed by atoms with Gasteiger partial charge in [0, 0.05) is 31.8 Å². The van der Waals surface area contributed by atoms with Crippen LogP contribution in [-0.2, 0) is 27.5 Å². The van der Waals surface area contributed by atoms with Gasteiger partial charge in [-0.05, 0) is 29.3 Å². The molecule has 7 heteroatoms. The molecule has 3 aromatic rings. The van der Waals surface area contributed by atoms with Gasteiger partial charge in [0.25, 0.3) is 11.8 Å². The average Bonchev–Trinajstić information content (AvgIpc) is 3.06. The highest BCUT2D eigenvalue weighted by molar-refractivity contribution is 6.35. The van der Waals surface area contributed by atoms with E-state index in [0.29, 0.717) is 17.8 Å². The van der Waals surface area contributed by atoms with Crippen molar-refractivity contribution in [2.75, 3.05) is 12.4 Å². The van der Waals surface area contributed by atoms with Crippen molar-refractivity contribution < 1.29 is 18.8 Å². The normalized spacial score (nSPS) is 13.4. The lowest BCUT2D eigenvalue weighted by atomic mass is 10.0. The van der Waals surface area contributed by atoms with E-state index in [0.717, 1.165) is 10.5 Å². The van der Waals surface area contributed by atoms with Crippen molar-refractivity contribution in [3.05, 3.63) is 107 Å². The van der Waals surface area contributed by atoms with Crippen molar-refractivity contribution in [1.82, 2.24) is 9.80 Å². The quantitative estimate of drug-likeness (QED) is 0.540. The molecule has 3 amide bonds. The summed E-state index contributed by atoms with van der Waals surface area (Å²) >= 11 is 0. The van der Waals surface area contributed by atoms with Crippen LogP contribution in [0.25, 0.3) is 5.57 Å². The molecule has 0 unspecified atom stereocenters. The summed E-state index contributed by atoms with van der Waals surface area (Å²) in [5.41, 5.74) is 2.85. The molecule has 4 rings (SSSR count). The molecule has 0 aromatic heterocycles. The summed E-state index contributed by atoms with van der Waals surface area (Å²) in [5.74, 6) is -1.66. The predicted octanol–water partition coefficient (Wildman–Crippen LogP) is 4.20. The van der Waals surface area contributed by atoms with Crippen molar-refractivity contribution in [2.45, 2.75) is 20.0 Å². The number of amides is 3. The number of halogens is 1. The molecule has 172 valence electrons. The summed E-state index contributed by atoms with van der Waals surface area (Å²) in [6, 6.07) is 22.4. The van der Waals surface area contributed by atoms with E-state index in [1.165, 1.54) is 13.0 Å². The number of nitrogens with zero attached hydrogens (tertiary/aromatic N) is 2. The number of hydrogen-bond donors (Lipinski definition) is 1. The molecule has 3 aromatic carbocycles. The predicted molar refractivity (Wildman–Crippen MR) is 128 cm³/mol. The molecular formula is C27H24FN3O3. The van der Waals surface area contributed by atoms with E-state index in [4.69, 9.17) is 0 Å². The first-order valence-corrected chi connectivity index (χ1v) is 10.8. The van der Waals surface area contributed by atoms with Gasteiger partial charge in [0.2, 0.25) is 5.91 Å². The number of likely N-dealkylation sites (N-methyl/N-ethyl adjacent to an activating group) is 1. The average molecular weight is 458 g/mol. The maximum atomic E-state index is 14.3. The molecule has 0 aliphatic carbocycles. The molecule has 1 heterocycles. The van der Waals surface area contributed by atoms with Gasteiger partial charge in [0.1, 0.15) is 11.5 Å². The fraction of sp³-hybridized carbons (Fsp3) is 0.148. The van der Waals surface area contributed by atoms with Gasteiger partial charge < -0.3 is 10.2 Å². The monoisotopic (exact) mass is 457 g/mol. The van der Waals surface area contributed by atoms with Crippen LogP contribution in [-0.4, -0.2) is 34.6 Å². The molecule has 0 saturated heterocycles. The third-order valence-corrected chi connectivity index (χ3v) is 5.57. The minimum atomic E-state index is -0.490. The molecule has 0 radical (unpaired) electrons. The minimum Gasteiger partial charge on any atom is -0.365 e. The zero-order chi connectivity index (χ0) is 24.2. The van der Waals surface area contributed by atoms with E-state index in [-0.39, 0.29) is 29.3 Å². The van der Waals surface area contributed by atoms with Crippen molar-refractivity contribution in [3.63, 3.8) is 0 Å². The van der Waals surface area contributed by atoms with Gasteiger partial charge in [-0.2, -0.15) is 0 Å². The van der Waals surface area contributed by atoms with Crippen LogP contribution in [0.5, 0.6) is 0 Å². The molecule has 0 saturated carbocycles. The third kappa shape index (κ3) is 4.73. The highest BCUT2D eigenvalue weighted by atomic mass is 19.1. The van der Waals surface area contributed by atoms with E-state index in [1.807, 2.05) is 30.3 Å². The van der Waals surface area contributed by atoms with Gasteiger partial charge >= 0.3 is 0 Å². The number of rotatable bonds is 7. The molecule has 1 aliphatic rings. The molecule has 1 aliphatic heterocycles. The summed E-state index contributed by atoms with van der Waals surface area (Å²) in [6.45, 7) is 1.66. The standard InChI is InChI=1S/C27H24FN3O3/c1-18(32)29-22-14-12-20(13-15-22)24-25(30(2)16-19-8-4-3-5-9-19)27(34)31(26(24)33)17-21-10-6-7-11-23(21)28/h3-15H,16-17H2,1-2H3,(H,29,32). The van der Waals surface area contributed by atoms with Crippen LogP contribution in [0.3, 0.4) is 0 Å². The van der Waals surface area contributed by atoms with E-state index in [2.05, 4.69) is 5.32 Å². The van der Waals surface area contributed by atoms with Crippen LogP contribution in [0.15, 0.2) is 84.6 Å². The maximum Gasteiger partial charge on any atom is 0.278 e. The van der Waals surface area contributed by atoms with E-state index in [9.17, 15) is 18.8 Å². The highest BCUT2D eigenvalue weighted by Crippen LogP contribution is 2.33. The Labute approximate surface area is 197 Å². The minimum absolute atomic E-state index is 0.166. The molecule has 0 spiro atoms. The van der Waals surface area contributed by atoms with Gasteiger partial charge in [-0.3, -0.25) is 19.3 Å². The first-order chi connectivity index (χ1) is 16.3. The van der Waals surface area contributed by atoms with Crippen LogP contribution in [0.4, 0.5) is 10.1 Å². The van der Waals surface area contributed by atoms with Gasteiger partial charge in [-0.1, -0.05) is 60.7 Å². The van der Waals surface area contributed by atoms with Crippen LogP contribution in [0.1, 0.15) is 23.6 Å². The van der Waals surface area contributed by atoms with Crippen LogP contribution >= 0.6 is 0 Å². The number of imide groups is 1. The molecule has 0 atom stereocenters. The first-order valence-electron chi connectivity index (χ1n) is 10.8. The van der Waals surface area contributed by atoms with E-state index >= 15 is 0 Å².